The summed E-state index contributed by atoms with van der Waals surface area (Å²) in [5.41, 5.74) is 4.25. The lowest BCUT2D eigenvalue weighted by Crippen LogP contribution is -2.11. The number of aliphatic hydroxyl groups excluding tert-OH is 1. The van der Waals surface area contributed by atoms with Crippen molar-refractivity contribution in [3.8, 4) is 22.6 Å². The molecule has 0 aliphatic carbocycles. The van der Waals surface area contributed by atoms with Gasteiger partial charge in [0, 0.05) is 12.7 Å². The van der Waals surface area contributed by atoms with Gasteiger partial charge < -0.3 is 19.3 Å². The number of aliphatic hydroxyl groups is 1. The fourth-order valence-electron chi connectivity index (χ4n) is 2.90. The molecule has 2 aromatic carbocycles. The van der Waals surface area contributed by atoms with Crippen LogP contribution in [0.5, 0.6) is 11.5 Å². The maximum atomic E-state index is 11.1. The Morgan fingerprint density at radius 3 is 2.64 bits per heavy atom. The first-order valence-corrected chi connectivity index (χ1v) is 9.48. The zero-order chi connectivity index (χ0) is 20.4. The fourth-order valence-corrected chi connectivity index (χ4v) is 2.90. The summed E-state index contributed by atoms with van der Waals surface area (Å²) in [6, 6.07) is 12.1. The van der Waals surface area contributed by atoms with Crippen molar-refractivity contribution >= 4 is 5.97 Å². The van der Waals surface area contributed by atoms with Gasteiger partial charge in [-0.1, -0.05) is 24.8 Å². The van der Waals surface area contributed by atoms with E-state index >= 15 is 0 Å². The van der Waals surface area contributed by atoms with Crippen molar-refractivity contribution in [2.45, 2.75) is 26.7 Å². The number of rotatable bonds is 11. The van der Waals surface area contributed by atoms with E-state index in [4.69, 9.17) is 19.3 Å². The van der Waals surface area contributed by atoms with Gasteiger partial charge in [0.05, 0.1) is 6.61 Å². The van der Waals surface area contributed by atoms with Gasteiger partial charge in [0.15, 0.2) is 0 Å². The lowest BCUT2D eigenvalue weighted by molar-refractivity contribution is -0.138. The Labute approximate surface area is 166 Å². The molecular weight excluding hydrogens is 356 g/mol. The van der Waals surface area contributed by atoms with Crippen molar-refractivity contribution in [2.24, 2.45) is 0 Å². The smallest absolute Gasteiger partial charge is 0.330 e. The molecule has 0 amide bonds. The quantitative estimate of drug-likeness (QED) is 0.359. The summed E-state index contributed by atoms with van der Waals surface area (Å²) in [6.07, 6.45) is 2.49. The van der Waals surface area contributed by atoms with Crippen LogP contribution in [0.25, 0.3) is 11.1 Å². The molecule has 5 nitrogen and oxygen atoms in total. The molecule has 150 valence electrons. The van der Waals surface area contributed by atoms with Gasteiger partial charge in [-0.3, -0.25) is 0 Å². The number of aryl methyl sites for hydroxylation is 2. The molecule has 0 aliphatic heterocycles. The second-order valence-electron chi connectivity index (χ2n) is 6.28. The molecular formula is C23H28O5. The highest BCUT2D eigenvalue weighted by Gasteiger charge is 2.10. The summed E-state index contributed by atoms with van der Waals surface area (Å²) in [6.45, 7) is 8.53. The molecule has 0 radical (unpaired) electrons. The monoisotopic (exact) mass is 384 g/mol. The Morgan fingerprint density at radius 1 is 1.14 bits per heavy atom. The highest BCUT2D eigenvalue weighted by molar-refractivity contribution is 5.81. The molecule has 5 heteroatoms. The number of carbonyl (C=O) groups is 1. The molecule has 0 atom stereocenters. The number of esters is 1. The van der Waals surface area contributed by atoms with Crippen LogP contribution in [0.4, 0.5) is 0 Å². The normalized spacial score (nSPS) is 10.4. The molecule has 0 spiro atoms. The minimum atomic E-state index is -0.470. The SMILES string of the molecule is C=CC(=O)OCCOc1cc(-c2ccc(OCC)cc2C)ccc1CCCO. The molecule has 0 aliphatic rings. The highest BCUT2D eigenvalue weighted by Crippen LogP contribution is 2.32. The van der Waals surface area contributed by atoms with Gasteiger partial charge in [-0.25, -0.2) is 4.79 Å². The number of hydrogen-bond donors (Lipinski definition) is 1. The summed E-state index contributed by atoms with van der Waals surface area (Å²) in [5, 5.41) is 9.14. The molecule has 0 aromatic heterocycles. The van der Waals surface area contributed by atoms with Gasteiger partial charge >= 0.3 is 5.97 Å². The third-order valence-electron chi connectivity index (χ3n) is 4.24. The van der Waals surface area contributed by atoms with Crippen LogP contribution in [0.2, 0.25) is 0 Å². The van der Waals surface area contributed by atoms with Crippen molar-refractivity contribution in [3.63, 3.8) is 0 Å². The molecule has 0 saturated carbocycles. The van der Waals surface area contributed by atoms with Gasteiger partial charge in [-0.2, -0.15) is 0 Å². The Balaban J connectivity index is 2.21. The molecule has 0 heterocycles. The molecule has 2 rings (SSSR count). The summed E-state index contributed by atoms with van der Waals surface area (Å²) >= 11 is 0. The van der Waals surface area contributed by atoms with E-state index < -0.39 is 5.97 Å². The van der Waals surface area contributed by atoms with Crippen LogP contribution < -0.4 is 9.47 Å². The Bertz CT molecular complexity index is 798. The zero-order valence-electron chi connectivity index (χ0n) is 16.6. The summed E-state index contributed by atoms with van der Waals surface area (Å²) in [5.74, 6) is 1.11. The van der Waals surface area contributed by atoms with Crippen LogP contribution in [0.3, 0.4) is 0 Å². The first kappa shape index (κ1) is 21.5. The number of ether oxygens (including phenoxy) is 3. The van der Waals surface area contributed by atoms with Crippen molar-refractivity contribution in [1.82, 2.24) is 0 Å². The van der Waals surface area contributed by atoms with E-state index in [2.05, 4.69) is 12.6 Å². The molecule has 0 saturated heterocycles. The molecule has 28 heavy (non-hydrogen) atoms. The van der Waals surface area contributed by atoms with Crippen LogP contribution in [0.1, 0.15) is 24.5 Å². The van der Waals surface area contributed by atoms with E-state index in [1.807, 2.05) is 44.2 Å². The lowest BCUT2D eigenvalue weighted by Gasteiger charge is -2.15. The topological polar surface area (TPSA) is 65.0 Å². The minimum absolute atomic E-state index is 0.121. The third-order valence-corrected chi connectivity index (χ3v) is 4.24. The van der Waals surface area contributed by atoms with Gasteiger partial charge in [0.25, 0.3) is 0 Å². The van der Waals surface area contributed by atoms with Crippen LogP contribution in [-0.4, -0.2) is 37.5 Å². The largest absolute Gasteiger partial charge is 0.494 e. The summed E-state index contributed by atoms with van der Waals surface area (Å²) < 4.78 is 16.4. The molecule has 0 fully saturated rings. The maximum absolute atomic E-state index is 11.1. The molecule has 0 unspecified atom stereocenters. The second-order valence-corrected chi connectivity index (χ2v) is 6.28. The Kier molecular flexibility index (Phi) is 8.56. The van der Waals surface area contributed by atoms with Crippen LogP contribution >= 0.6 is 0 Å². The fraction of sp³-hybridized carbons (Fsp3) is 0.348. The van der Waals surface area contributed by atoms with E-state index in [1.165, 1.54) is 0 Å². The van der Waals surface area contributed by atoms with E-state index in [0.29, 0.717) is 19.4 Å². The van der Waals surface area contributed by atoms with Crippen LogP contribution in [-0.2, 0) is 16.0 Å². The Morgan fingerprint density at radius 2 is 1.96 bits per heavy atom. The average Bonchev–Trinajstić information content (AvgIpc) is 2.70. The average molecular weight is 384 g/mol. The summed E-state index contributed by atoms with van der Waals surface area (Å²) in [4.78, 5) is 11.1. The number of hydrogen-bond acceptors (Lipinski definition) is 5. The van der Waals surface area contributed by atoms with E-state index in [9.17, 15) is 4.79 Å². The molecule has 2 aromatic rings. The predicted octanol–water partition coefficient (Wildman–Crippen LogP) is 4.09. The van der Waals surface area contributed by atoms with Crippen molar-refractivity contribution < 1.29 is 24.1 Å². The van der Waals surface area contributed by atoms with Crippen molar-refractivity contribution in [1.29, 1.82) is 0 Å². The van der Waals surface area contributed by atoms with Crippen LogP contribution in [0, 0.1) is 6.92 Å². The molecule has 1 N–H and O–H groups in total. The second kappa shape index (κ2) is 11.1. The lowest BCUT2D eigenvalue weighted by atomic mass is 9.97. The first-order valence-electron chi connectivity index (χ1n) is 9.48. The first-order chi connectivity index (χ1) is 13.6. The van der Waals surface area contributed by atoms with Gasteiger partial charge in [0.1, 0.15) is 24.7 Å². The van der Waals surface area contributed by atoms with E-state index in [1.54, 1.807) is 0 Å². The minimum Gasteiger partial charge on any atom is -0.494 e. The van der Waals surface area contributed by atoms with Gasteiger partial charge in [-0.15, -0.1) is 0 Å². The van der Waals surface area contributed by atoms with Gasteiger partial charge in [0.2, 0.25) is 0 Å². The standard InChI is InChI=1S/C23H28O5/c1-4-23(25)28-14-13-27-22-16-19(9-8-18(22)7-6-12-24)21-11-10-20(26-5-2)15-17(21)3/h4,8-11,15-16,24H,1,5-7,12-14H2,2-3H3. The third kappa shape index (κ3) is 6.13. The molecule has 0 bridgehead atoms. The zero-order valence-corrected chi connectivity index (χ0v) is 16.6. The Hall–Kier alpha value is -2.79. The predicted molar refractivity (Wildman–Crippen MR) is 110 cm³/mol. The number of benzene rings is 2. The highest BCUT2D eigenvalue weighted by atomic mass is 16.6. The summed E-state index contributed by atoms with van der Waals surface area (Å²) in [7, 11) is 0. The van der Waals surface area contributed by atoms with E-state index in [0.717, 1.165) is 39.8 Å². The van der Waals surface area contributed by atoms with Gasteiger partial charge in [-0.05, 0) is 67.1 Å². The van der Waals surface area contributed by atoms with E-state index in [-0.39, 0.29) is 19.8 Å². The van der Waals surface area contributed by atoms with Crippen molar-refractivity contribution in [2.75, 3.05) is 26.4 Å². The van der Waals surface area contributed by atoms with Crippen molar-refractivity contribution in [3.05, 3.63) is 60.2 Å². The maximum Gasteiger partial charge on any atom is 0.330 e. The van der Waals surface area contributed by atoms with Crippen LogP contribution in [0.15, 0.2) is 49.1 Å². The number of carbonyl (C=O) groups excluding carboxylic acids is 1.